The molecule has 0 atom stereocenters. The van der Waals surface area contributed by atoms with Gasteiger partial charge in [-0.1, -0.05) is 20.8 Å². The Morgan fingerprint density at radius 1 is 1.31 bits per heavy atom. The number of nitrogens with zero attached hydrogens (tertiary/aromatic N) is 1. The van der Waals surface area contributed by atoms with Crippen LogP contribution in [-0.2, 0) is 4.79 Å². The second-order valence-electron chi connectivity index (χ2n) is 4.58. The quantitative estimate of drug-likeness (QED) is 0.620. The van der Waals surface area contributed by atoms with Crippen LogP contribution in [0.4, 0.5) is 0 Å². The van der Waals surface area contributed by atoms with E-state index in [-0.39, 0.29) is 11.3 Å². The van der Waals surface area contributed by atoms with Crippen molar-refractivity contribution in [3.63, 3.8) is 0 Å². The summed E-state index contributed by atoms with van der Waals surface area (Å²) in [4.78, 5) is 11.4. The Hall–Kier alpha value is -0.860. The second-order valence-corrected chi connectivity index (χ2v) is 4.58. The summed E-state index contributed by atoms with van der Waals surface area (Å²) in [5.41, 5.74) is 3.41. The molecular weight excluding hydrogens is 164 g/mol. The van der Waals surface area contributed by atoms with Crippen molar-refractivity contribution >= 4 is 11.6 Å². The van der Waals surface area contributed by atoms with Crippen molar-refractivity contribution < 1.29 is 4.79 Å². The van der Waals surface area contributed by atoms with Crippen molar-refractivity contribution in [2.45, 2.75) is 46.5 Å². The van der Waals surface area contributed by atoms with Crippen LogP contribution >= 0.6 is 0 Å². The van der Waals surface area contributed by atoms with E-state index in [1.165, 1.54) is 12.8 Å². The molecule has 1 amide bonds. The van der Waals surface area contributed by atoms with E-state index in [0.717, 1.165) is 18.6 Å². The minimum Gasteiger partial charge on any atom is -0.273 e. The van der Waals surface area contributed by atoms with Crippen LogP contribution in [0, 0.1) is 5.41 Å². The number of nitrogens with one attached hydrogen (secondary N) is 1. The molecule has 0 aromatic rings. The third-order valence-corrected chi connectivity index (χ3v) is 2.18. The molecule has 1 saturated carbocycles. The van der Waals surface area contributed by atoms with E-state index in [4.69, 9.17) is 0 Å². The van der Waals surface area contributed by atoms with E-state index in [0.29, 0.717) is 0 Å². The number of hydrogen-bond donors (Lipinski definition) is 1. The zero-order valence-corrected chi connectivity index (χ0v) is 8.68. The van der Waals surface area contributed by atoms with Crippen LogP contribution in [0.1, 0.15) is 46.5 Å². The number of carbonyl (C=O) groups excluding carboxylic acids is 1. The summed E-state index contributed by atoms with van der Waals surface area (Å²) in [6.45, 7) is 5.66. The van der Waals surface area contributed by atoms with Gasteiger partial charge in [0.25, 0.3) is 0 Å². The van der Waals surface area contributed by atoms with Crippen molar-refractivity contribution in [1.82, 2.24) is 5.43 Å². The van der Waals surface area contributed by atoms with Gasteiger partial charge in [0.05, 0.1) is 0 Å². The molecule has 0 spiro atoms. The van der Waals surface area contributed by atoms with Gasteiger partial charge in [0, 0.05) is 11.1 Å². The molecule has 0 aromatic carbocycles. The highest BCUT2D eigenvalue weighted by atomic mass is 16.2. The molecule has 1 aliphatic carbocycles. The van der Waals surface area contributed by atoms with E-state index in [1.807, 2.05) is 20.8 Å². The maximum absolute atomic E-state index is 11.4. The molecular formula is C10H18N2O. The van der Waals surface area contributed by atoms with Gasteiger partial charge in [-0.2, -0.15) is 5.10 Å². The van der Waals surface area contributed by atoms with Crippen molar-refractivity contribution in [1.29, 1.82) is 0 Å². The van der Waals surface area contributed by atoms with Gasteiger partial charge in [0.15, 0.2) is 0 Å². The zero-order chi connectivity index (χ0) is 9.90. The zero-order valence-electron chi connectivity index (χ0n) is 8.68. The highest BCUT2D eigenvalue weighted by molar-refractivity contribution is 5.88. The van der Waals surface area contributed by atoms with Crippen molar-refractivity contribution in [3.05, 3.63) is 0 Å². The Labute approximate surface area is 79.6 Å². The average Bonchev–Trinajstić information content (AvgIpc) is 2.50. The molecule has 1 fully saturated rings. The first kappa shape index (κ1) is 10.2. The first-order valence-electron chi connectivity index (χ1n) is 4.86. The lowest BCUT2D eigenvalue weighted by atomic mass is 9.96. The van der Waals surface area contributed by atoms with E-state index >= 15 is 0 Å². The maximum atomic E-state index is 11.4. The Balaban J connectivity index is 2.41. The minimum atomic E-state index is -0.345. The largest absolute Gasteiger partial charge is 0.273 e. The molecule has 74 valence electrons. The lowest BCUT2D eigenvalue weighted by Gasteiger charge is -2.15. The van der Waals surface area contributed by atoms with Gasteiger partial charge < -0.3 is 0 Å². The molecule has 0 aromatic heterocycles. The number of hydrogen-bond acceptors (Lipinski definition) is 2. The lowest BCUT2D eigenvalue weighted by molar-refractivity contribution is -0.128. The Morgan fingerprint density at radius 2 is 1.85 bits per heavy atom. The van der Waals surface area contributed by atoms with Gasteiger partial charge in [-0.15, -0.1) is 0 Å². The maximum Gasteiger partial charge on any atom is 0.245 e. The number of amides is 1. The summed E-state index contributed by atoms with van der Waals surface area (Å²) >= 11 is 0. The normalized spacial score (nSPS) is 17.3. The van der Waals surface area contributed by atoms with Crippen molar-refractivity contribution in [2.24, 2.45) is 10.5 Å². The second kappa shape index (κ2) is 3.90. The van der Waals surface area contributed by atoms with Crippen LogP contribution in [0.2, 0.25) is 0 Å². The monoisotopic (exact) mass is 182 g/mol. The summed E-state index contributed by atoms with van der Waals surface area (Å²) in [6, 6.07) is 0. The van der Waals surface area contributed by atoms with Gasteiger partial charge in [0.1, 0.15) is 0 Å². The fraction of sp³-hybridized carbons (Fsp3) is 0.800. The van der Waals surface area contributed by atoms with Gasteiger partial charge in [-0.25, -0.2) is 5.43 Å². The van der Waals surface area contributed by atoms with E-state index in [1.54, 1.807) is 0 Å². The summed E-state index contributed by atoms with van der Waals surface area (Å²) in [7, 11) is 0. The fourth-order valence-corrected chi connectivity index (χ4v) is 1.19. The Kier molecular flexibility index (Phi) is 3.07. The molecule has 1 N–H and O–H groups in total. The van der Waals surface area contributed by atoms with Crippen LogP contribution in [-0.4, -0.2) is 11.6 Å². The van der Waals surface area contributed by atoms with Crippen LogP contribution in [0.5, 0.6) is 0 Å². The topological polar surface area (TPSA) is 41.5 Å². The van der Waals surface area contributed by atoms with Gasteiger partial charge >= 0.3 is 0 Å². The number of rotatable bonds is 1. The number of hydrazone groups is 1. The third kappa shape index (κ3) is 3.17. The molecule has 0 heterocycles. The summed E-state index contributed by atoms with van der Waals surface area (Å²) in [5, 5.41) is 4.11. The summed E-state index contributed by atoms with van der Waals surface area (Å²) in [6.07, 6.45) is 4.52. The van der Waals surface area contributed by atoms with Crippen LogP contribution in [0.15, 0.2) is 5.10 Å². The first-order valence-corrected chi connectivity index (χ1v) is 4.86. The molecule has 1 rings (SSSR count). The van der Waals surface area contributed by atoms with E-state index in [2.05, 4.69) is 10.5 Å². The highest BCUT2D eigenvalue weighted by Crippen LogP contribution is 2.15. The Morgan fingerprint density at radius 3 is 2.31 bits per heavy atom. The fourth-order valence-electron chi connectivity index (χ4n) is 1.19. The number of carbonyl (C=O) groups is 1. The molecule has 0 bridgehead atoms. The molecule has 3 heteroatoms. The third-order valence-electron chi connectivity index (χ3n) is 2.18. The van der Waals surface area contributed by atoms with Gasteiger partial charge in [-0.05, 0) is 25.7 Å². The molecule has 3 nitrogen and oxygen atoms in total. The smallest absolute Gasteiger partial charge is 0.245 e. The van der Waals surface area contributed by atoms with Crippen LogP contribution < -0.4 is 5.43 Å². The first-order chi connectivity index (χ1) is 6.00. The van der Waals surface area contributed by atoms with Crippen LogP contribution in [0.25, 0.3) is 0 Å². The molecule has 0 aliphatic heterocycles. The molecule has 0 saturated heterocycles. The van der Waals surface area contributed by atoms with Gasteiger partial charge in [-0.3, -0.25) is 4.79 Å². The summed E-state index contributed by atoms with van der Waals surface area (Å²) < 4.78 is 0. The SMILES string of the molecule is CC(C)(C)C(=O)NN=C1CCCC1. The predicted molar refractivity (Wildman–Crippen MR) is 53.5 cm³/mol. The van der Waals surface area contributed by atoms with E-state index in [9.17, 15) is 4.79 Å². The lowest BCUT2D eigenvalue weighted by Crippen LogP contribution is -2.31. The molecule has 1 aliphatic rings. The molecule has 0 radical (unpaired) electrons. The van der Waals surface area contributed by atoms with Crippen molar-refractivity contribution in [3.8, 4) is 0 Å². The molecule has 0 unspecified atom stereocenters. The van der Waals surface area contributed by atoms with Crippen LogP contribution in [0.3, 0.4) is 0 Å². The standard InChI is InChI=1S/C10H18N2O/c1-10(2,3)9(13)12-11-8-6-4-5-7-8/h4-7H2,1-3H3,(H,12,13). The minimum absolute atomic E-state index is 0.00750. The van der Waals surface area contributed by atoms with E-state index < -0.39 is 0 Å². The average molecular weight is 182 g/mol. The Bertz CT molecular complexity index is 218. The summed E-state index contributed by atoms with van der Waals surface area (Å²) in [5.74, 6) is -0.00750. The van der Waals surface area contributed by atoms with Gasteiger partial charge in [0.2, 0.25) is 5.91 Å². The van der Waals surface area contributed by atoms with Crippen molar-refractivity contribution in [2.75, 3.05) is 0 Å². The predicted octanol–water partition coefficient (Wildman–Crippen LogP) is 2.08. The highest BCUT2D eigenvalue weighted by Gasteiger charge is 2.21. The molecule has 13 heavy (non-hydrogen) atoms.